The Morgan fingerprint density at radius 3 is 2.68 bits per heavy atom. The van der Waals surface area contributed by atoms with E-state index in [1.807, 2.05) is 0 Å². The summed E-state index contributed by atoms with van der Waals surface area (Å²) in [6.07, 6.45) is 0.486. The van der Waals surface area contributed by atoms with E-state index >= 15 is 0 Å². The maximum atomic E-state index is 12.3. The van der Waals surface area contributed by atoms with Gasteiger partial charge < -0.3 is 36.6 Å². The number of carbonyl (C=O) groups is 3. The number of nitrogens with one attached hydrogen (secondary N) is 4. The number of aliphatic carboxylic acids is 1. The molecule has 2 amide bonds. The number of aromatic hydroxyl groups is 1. The van der Waals surface area contributed by atoms with E-state index in [9.17, 15) is 19.5 Å². The van der Waals surface area contributed by atoms with Gasteiger partial charge in [-0.2, -0.15) is 0 Å². The number of guanidine groups is 1. The fraction of sp³-hybridized carbons (Fsp3) is 0.412. The summed E-state index contributed by atoms with van der Waals surface area (Å²) >= 11 is 0. The maximum absolute atomic E-state index is 12.3. The normalized spacial score (nSPS) is 14.2. The van der Waals surface area contributed by atoms with Crippen LogP contribution >= 0.6 is 0 Å². The van der Waals surface area contributed by atoms with Gasteiger partial charge in [0.25, 0.3) is 5.91 Å². The molecule has 0 fully saturated rings. The number of phenolic OH excluding ortho intramolecular Hbond substituents is 1. The summed E-state index contributed by atoms with van der Waals surface area (Å²) in [5.74, 6) is -2.02. The van der Waals surface area contributed by atoms with Gasteiger partial charge in [0.1, 0.15) is 5.75 Å². The molecule has 0 radical (unpaired) electrons. The molecule has 0 saturated carbocycles. The predicted molar refractivity (Wildman–Crippen MR) is 100 cm³/mol. The first-order valence-electron chi connectivity index (χ1n) is 8.67. The molecule has 1 aliphatic rings. The van der Waals surface area contributed by atoms with Crippen molar-refractivity contribution < 1.29 is 29.7 Å². The van der Waals surface area contributed by atoms with Crippen LogP contribution in [-0.2, 0) is 9.59 Å². The second-order valence-electron chi connectivity index (χ2n) is 6.13. The lowest BCUT2D eigenvalue weighted by Crippen LogP contribution is -2.44. The van der Waals surface area contributed by atoms with E-state index in [0.717, 1.165) is 13.0 Å². The van der Waals surface area contributed by atoms with Gasteiger partial charge in [0.05, 0.1) is 25.6 Å². The number of rotatable bonds is 8. The summed E-state index contributed by atoms with van der Waals surface area (Å²) in [6.45, 7) is 0.490. The van der Waals surface area contributed by atoms with Gasteiger partial charge in [0, 0.05) is 30.4 Å². The van der Waals surface area contributed by atoms with Crippen LogP contribution in [0.2, 0.25) is 0 Å². The van der Waals surface area contributed by atoms with Crippen LogP contribution in [0.4, 0.5) is 5.69 Å². The number of aliphatic hydroxyl groups is 1. The van der Waals surface area contributed by atoms with Crippen molar-refractivity contribution in [2.45, 2.75) is 18.9 Å². The van der Waals surface area contributed by atoms with Crippen molar-refractivity contribution in [2.75, 3.05) is 31.6 Å². The van der Waals surface area contributed by atoms with Crippen molar-refractivity contribution in [3.05, 3.63) is 23.8 Å². The van der Waals surface area contributed by atoms with E-state index in [-0.39, 0.29) is 11.3 Å². The number of hydrogen-bond donors (Lipinski definition) is 7. The Morgan fingerprint density at radius 1 is 1.25 bits per heavy atom. The topological polar surface area (TPSA) is 172 Å². The minimum atomic E-state index is -1.17. The second kappa shape index (κ2) is 10.1. The molecule has 28 heavy (non-hydrogen) atoms. The Hall–Kier alpha value is -3.34. The molecule has 152 valence electrons. The summed E-state index contributed by atoms with van der Waals surface area (Å²) in [5, 5.41) is 38.3. The number of nitrogens with zero attached hydrogens (tertiary/aromatic N) is 1. The second-order valence-corrected chi connectivity index (χ2v) is 6.13. The number of aliphatic hydroxyl groups excluding tert-OH is 1. The zero-order valence-electron chi connectivity index (χ0n) is 15.1. The van der Waals surface area contributed by atoms with Crippen LogP contribution in [0, 0.1) is 0 Å². The van der Waals surface area contributed by atoms with Crippen LogP contribution in [0.1, 0.15) is 23.2 Å². The largest absolute Gasteiger partial charge is 0.508 e. The number of benzene rings is 1. The van der Waals surface area contributed by atoms with E-state index < -0.39 is 43.4 Å². The van der Waals surface area contributed by atoms with Crippen LogP contribution < -0.4 is 21.3 Å². The Bertz CT molecular complexity index is 766. The Balaban J connectivity index is 1.93. The number of carboxylic acids is 1. The van der Waals surface area contributed by atoms with Crippen LogP contribution in [0.3, 0.4) is 0 Å². The highest BCUT2D eigenvalue weighted by molar-refractivity contribution is 6.00. The molecule has 1 aromatic carbocycles. The van der Waals surface area contributed by atoms with Crippen molar-refractivity contribution in [3.63, 3.8) is 0 Å². The first-order chi connectivity index (χ1) is 13.4. The molecule has 11 nitrogen and oxygen atoms in total. The van der Waals surface area contributed by atoms with E-state index in [4.69, 9.17) is 10.2 Å². The third-order valence-electron chi connectivity index (χ3n) is 3.76. The quantitative estimate of drug-likeness (QED) is 0.289. The van der Waals surface area contributed by atoms with Gasteiger partial charge in [-0.05, 0) is 18.6 Å². The summed E-state index contributed by atoms with van der Waals surface area (Å²) in [6, 6.07) is 3.23. The highest BCUT2D eigenvalue weighted by Crippen LogP contribution is 2.20. The number of phenols is 1. The molecule has 1 aliphatic heterocycles. The number of anilines is 1. The van der Waals surface area contributed by atoms with Crippen LogP contribution in [-0.4, -0.2) is 71.3 Å². The van der Waals surface area contributed by atoms with Gasteiger partial charge in [-0.15, -0.1) is 0 Å². The number of carbonyl (C=O) groups excluding carboxylic acids is 2. The van der Waals surface area contributed by atoms with Gasteiger partial charge >= 0.3 is 5.97 Å². The standard InChI is InChI=1S/C17H23N5O6/c23-9-12(7-15(26)27)21-14(25)8-20-16(28)10-4-11(6-13(24)5-10)22-17-18-2-1-3-19-17/h4-6,12,23-24H,1-3,7-9H2,(H,20,28)(H,21,25)(H,26,27)(H2,18,19,22)/t12-/m0/s1. The van der Waals surface area contributed by atoms with Gasteiger partial charge in [0.15, 0.2) is 5.96 Å². The average molecular weight is 393 g/mol. The van der Waals surface area contributed by atoms with Crippen LogP contribution in [0.25, 0.3) is 0 Å². The lowest BCUT2D eigenvalue weighted by molar-refractivity contribution is -0.138. The monoisotopic (exact) mass is 393 g/mol. The number of aliphatic imine (C=N–C) groups is 1. The van der Waals surface area contributed by atoms with E-state index in [0.29, 0.717) is 18.2 Å². The van der Waals surface area contributed by atoms with Crippen LogP contribution in [0.15, 0.2) is 23.2 Å². The predicted octanol–water partition coefficient (Wildman–Crippen LogP) is -1.16. The van der Waals surface area contributed by atoms with Crippen molar-refractivity contribution in [3.8, 4) is 5.75 Å². The Labute approximate surface area is 160 Å². The molecule has 0 aliphatic carbocycles. The summed E-state index contributed by atoms with van der Waals surface area (Å²) < 4.78 is 0. The van der Waals surface area contributed by atoms with Crippen LogP contribution in [0.5, 0.6) is 5.75 Å². The van der Waals surface area contributed by atoms with Gasteiger partial charge in [-0.3, -0.25) is 19.4 Å². The van der Waals surface area contributed by atoms with Crippen molar-refractivity contribution in [1.82, 2.24) is 16.0 Å². The fourth-order valence-corrected chi connectivity index (χ4v) is 2.48. The molecule has 7 N–H and O–H groups in total. The van der Waals surface area contributed by atoms with Gasteiger partial charge in [0.2, 0.25) is 5.91 Å². The molecular weight excluding hydrogens is 370 g/mol. The lowest BCUT2D eigenvalue weighted by atomic mass is 10.1. The van der Waals surface area contributed by atoms with Crippen molar-refractivity contribution >= 4 is 29.4 Å². The molecule has 0 unspecified atom stereocenters. The molecular formula is C17H23N5O6. The SMILES string of the molecule is O=C(O)C[C@@H](CO)NC(=O)CNC(=O)c1cc(O)cc(NC2=NCCCN2)c1. The average Bonchev–Trinajstić information content (AvgIpc) is 2.65. The summed E-state index contributed by atoms with van der Waals surface area (Å²) in [7, 11) is 0. The minimum absolute atomic E-state index is 0.121. The van der Waals surface area contributed by atoms with Crippen molar-refractivity contribution in [1.29, 1.82) is 0 Å². The highest BCUT2D eigenvalue weighted by atomic mass is 16.4. The third kappa shape index (κ3) is 6.76. The molecule has 0 saturated heterocycles. The fourth-order valence-electron chi connectivity index (χ4n) is 2.48. The molecule has 1 heterocycles. The van der Waals surface area contributed by atoms with E-state index in [2.05, 4.69) is 26.3 Å². The van der Waals surface area contributed by atoms with E-state index in [1.54, 1.807) is 0 Å². The van der Waals surface area contributed by atoms with Gasteiger partial charge in [-0.25, -0.2) is 0 Å². The molecule has 0 spiro atoms. The zero-order chi connectivity index (χ0) is 20.5. The molecule has 2 rings (SSSR count). The Kier molecular flexibility index (Phi) is 7.57. The van der Waals surface area contributed by atoms with Crippen molar-refractivity contribution in [2.24, 2.45) is 4.99 Å². The first kappa shape index (κ1) is 21.0. The smallest absolute Gasteiger partial charge is 0.305 e. The highest BCUT2D eigenvalue weighted by Gasteiger charge is 2.16. The number of carboxylic acid groups (broad SMARTS) is 1. The maximum Gasteiger partial charge on any atom is 0.305 e. The number of amides is 2. The molecule has 1 atom stereocenters. The third-order valence-corrected chi connectivity index (χ3v) is 3.76. The zero-order valence-corrected chi connectivity index (χ0v) is 15.1. The van der Waals surface area contributed by atoms with E-state index in [1.165, 1.54) is 18.2 Å². The van der Waals surface area contributed by atoms with Gasteiger partial charge in [-0.1, -0.05) is 0 Å². The Morgan fingerprint density at radius 2 is 2.04 bits per heavy atom. The molecule has 11 heteroatoms. The number of hydrogen-bond acceptors (Lipinski definition) is 8. The summed E-state index contributed by atoms with van der Waals surface area (Å²) in [4.78, 5) is 38.9. The molecule has 0 bridgehead atoms. The molecule has 1 aromatic rings. The first-order valence-corrected chi connectivity index (χ1v) is 8.67. The summed E-state index contributed by atoms with van der Waals surface area (Å²) in [5.41, 5.74) is 0.570. The molecule has 0 aromatic heterocycles. The minimum Gasteiger partial charge on any atom is -0.508 e. The lowest BCUT2D eigenvalue weighted by Gasteiger charge is -2.17.